The highest BCUT2D eigenvalue weighted by Gasteiger charge is 2.44. The Morgan fingerprint density at radius 2 is 1.05 bits per heavy atom. The lowest BCUT2D eigenvalue weighted by molar-refractivity contribution is -0.149. The van der Waals surface area contributed by atoms with Crippen molar-refractivity contribution in [3.05, 3.63) is 34.4 Å². The summed E-state index contributed by atoms with van der Waals surface area (Å²) in [7, 11) is 0. The molecule has 0 saturated heterocycles. The summed E-state index contributed by atoms with van der Waals surface area (Å²) in [6.45, 7) is -1.19. The summed E-state index contributed by atoms with van der Waals surface area (Å²) in [5, 5.41) is 0. The Hall–Kier alpha value is -1.45. The average molecular weight is 311 g/mol. The lowest BCUT2D eigenvalue weighted by Crippen LogP contribution is -2.21. The Morgan fingerprint density at radius 1 is 0.700 bits per heavy atom. The van der Waals surface area contributed by atoms with Crippen LogP contribution in [0.2, 0.25) is 0 Å². The summed E-state index contributed by atoms with van der Waals surface area (Å²) >= 11 is 0. The molecule has 20 heavy (non-hydrogen) atoms. The fourth-order valence-corrected chi connectivity index (χ4v) is 1.56. The third-order valence-electron chi connectivity index (χ3n) is 2.39. The van der Waals surface area contributed by atoms with Gasteiger partial charge in [0, 0.05) is 6.54 Å². The molecule has 1 aromatic carbocycles. The fourth-order valence-electron chi connectivity index (χ4n) is 1.56. The molecular formula is C10H6F9N. The predicted octanol–water partition coefficient (Wildman–Crippen LogP) is 4.20. The van der Waals surface area contributed by atoms with Crippen LogP contribution in [0.1, 0.15) is 22.3 Å². The van der Waals surface area contributed by atoms with Crippen LogP contribution >= 0.6 is 0 Å². The molecule has 0 bridgehead atoms. The molecule has 0 fully saturated rings. The first-order valence-corrected chi connectivity index (χ1v) is 4.87. The fraction of sp³-hybridized carbons (Fsp3) is 0.400. The van der Waals surface area contributed by atoms with Crippen molar-refractivity contribution < 1.29 is 39.5 Å². The van der Waals surface area contributed by atoms with Gasteiger partial charge in [0.2, 0.25) is 0 Å². The van der Waals surface area contributed by atoms with Gasteiger partial charge in [0.1, 0.15) is 0 Å². The van der Waals surface area contributed by atoms with Crippen molar-refractivity contribution in [2.75, 3.05) is 0 Å². The molecule has 0 radical (unpaired) electrons. The van der Waals surface area contributed by atoms with Crippen LogP contribution in [0.4, 0.5) is 39.5 Å². The standard InChI is InChI=1S/C10H6F9N/c11-8(12,13)4-1-6(9(14,15)16)5(3-20)7(2-4)10(17,18)19/h1-2H,3,20H2. The number of hydrogen-bond acceptors (Lipinski definition) is 1. The van der Waals surface area contributed by atoms with Crippen molar-refractivity contribution in [1.29, 1.82) is 0 Å². The Bertz CT molecular complexity index is 460. The SMILES string of the molecule is NCc1c(C(F)(F)F)cc(C(F)(F)F)cc1C(F)(F)F. The molecule has 0 amide bonds. The normalized spacial score (nSPS) is 13.7. The summed E-state index contributed by atoms with van der Waals surface area (Å²) < 4.78 is 113. The average Bonchev–Trinajstić information content (AvgIpc) is 2.23. The van der Waals surface area contributed by atoms with Crippen LogP contribution in [-0.2, 0) is 25.1 Å². The first-order chi connectivity index (χ1) is 8.78. The maximum absolute atomic E-state index is 12.6. The van der Waals surface area contributed by atoms with Crippen molar-refractivity contribution in [3.8, 4) is 0 Å². The maximum Gasteiger partial charge on any atom is 0.416 e. The number of hydrogen-bond donors (Lipinski definition) is 1. The van der Waals surface area contributed by atoms with Gasteiger partial charge in [0.05, 0.1) is 16.7 Å². The summed E-state index contributed by atoms with van der Waals surface area (Å²) in [6.07, 6.45) is -16.1. The first-order valence-electron chi connectivity index (χ1n) is 4.87. The Labute approximate surface area is 106 Å². The molecule has 10 heteroatoms. The third kappa shape index (κ3) is 3.35. The Balaban J connectivity index is 3.75. The lowest BCUT2D eigenvalue weighted by atomic mass is 9.96. The van der Waals surface area contributed by atoms with Gasteiger partial charge in [-0.1, -0.05) is 0 Å². The van der Waals surface area contributed by atoms with Gasteiger partial charge in [0.15, 0.2) is 0 Å². The van der Waals surface area contributed by atoms with Gasteiger partial charge in [-0.15, -0.1) is 0 Å². The number of halogens is 9. The number of rotatable bonds is 1. The molecule has 0 atom stereocenters. The van der Waals surface area contributed by atoms with E-state index >= 15 is 0 Å². The van der Waals surface area contributed by atoms with Gasteiger partial charge in [-0.3, -0.25) is 0 Å². The molecular weight excluding hydrogens is 305 g/mol. The van der Waals surface area contributed by atoms with Crippen LogP contribution in [0, 0.1) is 0 Å². The van der Waals surface area contributed by atoms with Crippen molar-refractivity contribution >= 4 is 0 Å². The van der Waals surface area contributed by atoms with Crippen molar-refractivity contribution in [1.82, 2.24) is 0 Å². The quantitative estimate of drug-likeness (QED) is 0.773. The monoisotopic (exact) mass is 311 g/mol. The largest absolute Gasteiger partial charge is 0.416 e. The minimum absolute atomic E-state index is 0.378. The van der Waals surface area contributed by atoms with Crippen LogP contribution in [0.25, 0.3) is 0 Å². The van der Waals surface area contributed by atoms with Crippen LogP contribution in [-0.4, -0.2) is 0 Å². The molecule has 2 N–H and O–H groups in total. The third-order valence-corrected chi connectivity index (χ3v) is 2.39. The summed E-state index contributed by atoms with van der Waals surface area (Å²) in [4.78, 5) is 0. The summed E-state index contributed by atoms with van der Waals surface area (Å²) in [5.41, 5.74) is -2.71. The van der Waals surface area contributed by atoms with E-state index in [1.807, 2.05) is 0 Å². The highest BCUT2D eigenvalue weighted by Crippen LogP contribution is 2.43. The van der Waals surface area contributed by atoms with E-state index in [0.29, 0.717) is 0 Å². The first kappa shape index (κ1) is 16.6. The Morgan fingerprint density at radius 3 is 1.25 bits per heavy atom. The van der Waals surface area contributed by atoms with E-state index < -0.39 is 47.3 Å². The minimum atomic E-state index is -5.38. The number of nitrogens with two attached hydrogens (primary N) is 1. The molecule has 1 aromatic rings. The van der Waals surface area contributed by atoms with Crippen LogP contribution in [0.3, 0.4) is 0 Å². The molecule has 0 aliphatic heterocycles. The second-order valence-electron chi connectivity index (χ2n) is 3.75. The minimum Gasteiger partial charge on any atom is -0.326 e. The molecule has 0 heterocycles. The molecule has 0 aliphatic rings. The zero-order valence-electron chi connectivity index (χ0n) is 9.34. The smallest absolute Gasteiger partial charge is 0.326 e. The molecule has 114 valence electrons. The van der Waals surface area contributed by atoms with Gasteiger partial charge in [0.25, 0.3) is 0 Å². The van der Waals surface area contributed by atoms with E-state index in [-0.39, 0.29) is 12.1 Å². The zero-order valence-corrected chi connectivity index (χ0v) is 9.34. The summed E-state index contributed by atoms with van der Waals surface area (Å²) in [6, 6.07) is -0.755. The highest BCUT2D eigenvalue weighted by atomic mass is 19.4. The molecule has 0 aromatic heterocycles. The molecule has 1 nitrogen and oxygen atoms in total. The highest BCUT2D eigenvalue weighted by molar-refractivity contribution is 5.43. The van der Waals surface area contributed by atoms with E-state index in [9.17, 15) is 39.5 Å². The molecule has 0 unspecified atom stereocenters. The van der Waals surface area contributed by atoms with E-state index in [1.54, 1.807) is 0 Å². The topological polar surface area (TPSA) is 26.0 Å². The van der Waals surface area contributed by atoms with Gasteiger partial charge < -0.3 is 5.73 Å². The van der Waals surface area contributed by atoms with Crippen molar-refractivity contribution in [2.45, 2.75) is 25.1 Å². The molecule has 0 aliphatic carbocycles. The van der Waals surface area contributed by atoms with Gasteiger partial charge in [-0.05, 0) is 17.7 Å². The van der Waals surface area contributed by atoms with Crippen LogP contribution in [0.15, 0.2) is 12.1 Å². The predicted molar refractivity (Wildman–Crippen MR) is 49.3 cm³/mol. The zero-order chi connectivity index (χ0) is 15.9. The second-order valence-corrected chi connectivity index (χ2v) is 3.75. The van der Waals surface area contributed by atoms with Gasteiger partial charge in [-0.2, -0.15) is 39.5 Å². The van der Waals surface area contributed by atoms with Crippen LogP contribution in [0.5, 0.6) is 0 Å². The number of benzene rings is 1. The maximum atomic E-state index is 12.6. The Kier molecular flexibility index (Phi) is 4.01. The van der Waals surface area contributed by atoms with E-state index in [2.05, 4.69) is 0 Å². The van der Waals surface area contributed by atoms with Crippen LogP contribution < -0.4 is 5.73 Å². The molecule has 1 rings (SSSR count). The summed E-state index contributed by atoms with van der Waals surface area (Å²) in [5.74, 6) is 0. The van der Waals surface area contributed by atoms with Gasteiger partial charge >= 0.3 is 18.5 Å². The van der Waals surface area contributed by atoms with Crippen molar-refractivity contribution in [2.24, 2.45) is 5.73 Å². The van der Waals surface area contributed by atoms with E-state index in [1.165, 1.54) is 0 Å². The molecule has 0 saturated carbocycles. The second kappa shape index (κ2) is 4.83. The number of alkyl halides is 9. The van der Waals surface area contributed by atoms with E-state index in [0.717, 1.165) is 0 Å². The van der Waals surface area contributed by atoms with Crippen molar-refractivity contribution in [3.63, 3.8) is 0 Å². The van der Waals surface area contributed by atoms with E-state index in [4.69, 9.17) is 5.73 Å². The molecule has 0 spiro atoms. The lowest BCUT2D eigenvalue weighted by Gasteiger charge is -2.20. The van der Waals surface area contributed by atoms with Gasteiger partial charge in [-0.25, -0.2) is 0 Å².